The third kappa shape index (κ3) is 5.42. The number of carbonyl (C=O) groups is 2. The molecule has 0 radical (unpaired) electrons. The number of nitrogens with zero attached hydrogens (tertiary/aromatic N) is 1. The van der Waals surface area contributed by atoms with Crippen LogP contribution in [-0.2, 0) is 14.8 Å². The van der Waals surface area contributed by atoms with Crippen LogP contribution in [0.25, 0.3) is 0 Å². The fraction of sp³-hybridized carbons (Fsp3) is 0.130. The van der Waals surface area contributed by atoms with E-state index in [-0.39, 0.29) is 21.9 Å². The highest BCUT2D eigenvalue weighted by Gasteiger charge is 2.30. The number of sulfonamides is 1. The summed E-state index contributed by atoms with van der Waals surface area (Å²) < 4.78 is 38.6. The van der Waals surface area contributed by atoms with E-state index in [0.29, 0.717) is 11.4 Å². The van der Waals surface area contributed by atoms with E-state index in [2.05, 4.69) is 5.32 Å². The van der Waals surface area contributed by atoms with Crippen molar-refractivity contribution < 1.29 is 27.5 Å². The molecule has 33 heavy (non-hydrogen) atoms. The first-order valence-electron chi connectivity index (χ1n) is 9.76. The lowest BCUT2D eigenvalue weighted by molar-refractivity contribution is -0.114. The second-order valence-electron chi connectivity index (χ2n) is 6.85. The molecule has 0 aliphatic heterocycles. The van der Waals surface area contributed by atoms with Gasteiger partial charge in [-0.3, -0.25) is 13.9 Å². The number of methoxy groups -OCH3 is 2. The second-order valence-corrected chi connectivity index (χ2v) is 8.71. The van der Waals surface area contributed by atoms with Gasteiger partial charge >= 0.3 is 0 Å². The van der Waals surface area contributed by atoms with E-state index >= 15 is 0 Å². The maximum absolute atomic E-state index is 13.5. The van der Waals surface area contributed by atoms with Gasteiger partial charge in [0.2, 0.25) is 11.8 Å². The van der Waals surface area contributed by atoms with Crippen molar-refractivity contribution in [3.05, 3.63) is 78.4 Å². The number of primary amides is 1. The van der Waals surface area contributed by atoms with Crippen molar-refractivity contribution in [3.63, 3.8) is 0 Å². The molecule has 3 rings (SSSR count). The topological polar surface area (TPSA) is 128 Å². The molecule has 3 N–H and O–H groups in total. The van der Waals surface area contributed by atoms with Crippen molar-refractivity contribution in [3.8, 4) is 11.5 Å². The highest BCUT2D eigenvalue weighted by atomic mass is 32.2. The van der Waals surface area contributed by atoms with Gasteiger partial charge in [-0.05, 0) is 48.5 Å². The van der Waals surface area contributed by atoms with Crippen molar-refractivity contribution in [1.82, 2.24) is 0 Å². The lowest BCUT2D eigenvalue weighted by Gasteiger charge is -2.26. The molecular formula is C23H23N3O6S. The molecule has 0 saturated heterocycles. The molecule has 0 spiro atoms. The van der Waals surface area contributed by atoms with Crippen LogP contribution < -0.4 is 24.8 Å². The zero-order valence-electron chi connectivity index (χ0n) is 18.0. The number of nitrogens with one attached hydrogen (secondary N) is 1. The lowest BCUT2D eigenvalue weighted by Crippen LogP contribution is -2.38. The smallest absolute Gasteiger partial charge is 0.264 e. The van der Waals surface area contributed by atoms with Crippen LogP contribution in [0.4, 0.5) is 11.4 Å². The van der Waals surface area contributed by atoms with Gasteiger partial charge in [0.25, 0.3) is 10.0 Å². The van der Waals surface area contributed by atoms with Crippen LogP contribution in [0, 0.1) is 0 Å². The van der Waals surface area contributed by atoms with Gasteiger partial charge in [-0.2, -0.15) is 0 Å². The Labute approximate surface area is 191 Å². The van der Waals surface area contributed by atoms with Crippen molar-refractivity contribution >= 4 is 33.2 Å². The standard InChI is InChI=1S/C23H23N3O6S/c1-31-18-12-13-21(32-2)20(14-18)26(33(29,30)19-6-4-3-5-7-19)15-22(27)25-17-10-8-16(9-11-17)23(24)28/h3-14H,15H2,1-2H3,(H2,24,28)(H,25,27). The molecule has 0 saturated carbocycles. The maximum atomic E-state index is 13.5. The second kappa shape index (κ2) is 10.0. The van der Waals surface area contributed by atoms with E-state index in [4.69, 9.17) is 15.2 Å². The zero-order valence-corrected chi connectivity index (χ0v) is 18.8. The molecule has 10 heteroatoms. The number of amides is 2. The first-order valence-corrected chi connectivity index (χ1v) is 11.2. The van der Waals surface area contributed by atoms with Crippen LogP contribution in [0.15, 0.2) is 77.7 Å². The van der Waals surface area contributed by atoms with Crippen molar-refractivity contribution in [2.24, 2.45) is 5.73 Å². The SMILES string of the molecule is COc1ccc(OC)c(N(CC(=O)Nc2ccc(C(N)=O)cc2)S(=O)(=O)c2ccccc2)c1. The predicted octanol–water partition coefficient (Wildman–Crippen LogP) is 2.64. The summed E-state index contributed by atoms with van der Waals surface area (Å²) in [4.78, 5) is 24.1. The van der Waals surface area contributed by atoms with Crippen LogP contribution in [0.5, 0.6) is 11.5 Å². The Kier molecular flexibility index (Phi) is 7.19. The van der Waals surface area contributed by atoms with Crippen molar-refractivity contribution in [2.45, 2.75) is 4.90 Å². The largest absolute Gasteiger partial charge is 0.497 e. The highest BCUT2D eigenvalue weighted by Crippen LogP contribution is 2.35. The lowest BCUT2D eigenvalue weighted by atomic mass is 10.2. The third-order valence-electron chi connectivity index (χ3n) is 4.73. The summed E-state index contributed by atoms with van der Waals surface area (Å²) in [6.45, 7) is -0.543. The van der Waals surface area contributed by atoms with Gasteiger partial charge < -0.3 is 20.5 Å². The summed E-state index contributed by atoms with van der Waals surface area (Å²) in [5, 5.41) is 2.63. The van der Waals surface area contributed by atoms with E-state index in [9.17, 15) is 18.0 Å². The number of carbonyl (C=O) groups excluding carboxylic acids is 2. The quantitative estimate of drug-likeness (QED) is 0.496. The molecular weight excluding hydrogens is 446 g/mol. The van der Waals surface area contributed by atoms with E-state index in [1.54, 1.807) is 30.3 Å². The number of hydrogen-bond acceptors (Lipinski definition) is 6. The third-order valence-corrected chi connectivity index (χ3v) is 6.50. The van der Waals surface area contributed by atoms with E-state index in [1.165, 1.54) is 56.7 Å². The van der Waals surface area contributed by atoms with Crippen LogP contribution in [0.1, 0.15) is 10.4 Å². The van der Waals surface area contributed by atoms with Crippen molar-refractivity contribution in [2.75, 3.05) is 30.4 Å². The average Bonchev–Trinajstić information content (AvgIpc) is 2.83. The summed E-state index contributed by atoms with van der Waals surface area (Å²) in [7, 11) is -1.29. The van der Waals surface area contributed by atoms with Gasteiger partial charge in [0.15, 0.2) is 0 Å². The molecule has 0 bridgehead atoms. The molecule has 0 aliphatic carbocycles. The summed E-state index contributed by atoms with van der Waals surface area (Å²) in [6.07, 6.45) is 0. The Hall–Kier alpha value is -4.05. The summed E-state index contributed by atoms with van der Waals surface area (Å²) in [5.41, 5.74) is 6.02. The first kappa shape index (κ1) is 23.6. The van der Waals surface area contributed by atoms with Gasteiger partial charge in [0.1, 0.15) is 18.0 Å². The number of anilines is 2. The molecule has 0 aromatic heterocycles. The minimum atomic E-state index is -4.14. The average molecular weight is 470 g/mol. The highest BCUT2D eigenvalue weighted by molar-refractivity contribution is 7.92. The summed E-state index contributed by atoms with van der Waals surface area (Å²) in [6, 6.07) is 18.3. The normalized spacial score (nSPS) is 10.8. The van der Waals surface area contributed by atoms with Gasteiger partial charge in [-0.25, -0.2) is 8.42 Å². The Morgan fingerprint density at radius 2 is 1.61 bits per heavy atom. The van der Waals surface area contributed by atoms with Crippen LogP contribution >= 0.6 is 0 Å². The molecule has 0 heterocycles. The van der Waals surface area contributed by atoms with Gasteiger partial charge in [-0.1, -0.05) is 18.2 Å². The Morgan fingerprint density at radius 3 is 2.18 bits per heavy atom. The molecule has 9 nitrogen and oxygen atoms in total. The molecule has 0 fully saturated rings. The van der Waals surface area contributed by atoms with Gasteiger partial charge in [0, 0.05) is 17.3 Å². The Morgan fingerprint density at radius 1 is 0.939 bits per heavy atom. The molecule has 3 aromatic rings. The number of rotatable bonds is 9. The van der Waals surface area contributed by atoms with Gasteiger partial charge in [-0.15, -0.1) is 0 Å². The Bertz CT molecular complexity index is 1240. The number of ether oxygens (including phenoxy) is 2. The molecule has 2 amide bonds. The van der Waals surface area contributed by atoms with Crippen LogP contribution in [0.2, 0.25) is 0 Å². The molecule has 0 atom stereocenters. The van der Waals surface area contributed by atoms with Crippen LogP contribution in [0.3, 0.4) is 0 Å². The monoisotopic (exact) mass is 469 g/mol. The zero-order chi connectivity index (χ0) is 24.0. The van der Waals surface area contributed by atoms with E-state index < -0.39 is 28.4 Å². The fourth-order valence-electron chi connectivity index (χ4n) is 3.06. The number of hydrogen-bond donors (Lipinski definition) is 2. The molecule has 172 valence electrons. The van der Waals surface area contributed by atoms with Crippen molar-refractivity contribution in [1.29, 1.82) is 0 Å². The van der Waals surface area contributed by atoms with Crippen LogP contribution in [-0.4, -0.2) is 41.0 Å². The minimum absolute atomic E-state index is 0.00786. The van der Waals surface area contributed by atoms with Gasteiger partial charge in [0.05, 0.1) is 24.8 Å². The molecule has 0 unspecified atom stereocenters. The first-order chi connectivity index (χ1) is 15.8. The summed E-state index contributed by atoms with van der Waals surface area (Å²) >= 11 is 0. The number of benzene rings is 3. The maximum Gasteiger partial charge on any atom is 0.264 e. The number of nitrogens with two attached hydrogens (primary N) is 1. The molecule has 3 aromatic carbocycles. The molecule has 0 aliphatic rings. The van der Waals surface area contributed by atoms with E-state index in [0.717, 1.165) is 4.31 Å². The fourth-order valence-corrected chi connectivity index (χ4v) is 4.50. The minimum Gasteiger partial charge on any atom is -0.497 e. The predicted molar refractivity (Wildman–Crippen MR) is 124 cm³/mol. The Balaban J connectivity index is 1.99. The summed E-state index contributed by atoms with van der Waals surface area (Å²) in [5.74, 6) is -0.570. The van der Waals surface area contributed by atoms with E-state index in [1.807, 2.05) is 0 Å².